The number of nitrogens with zero attached hydrogens (tertiary/aromatic N) is 3. The SMILES string of the molecule is Cc1ccc(-c2[c-]c3ccccc3cc2)[c-]c1-c1cnnc[n+]1C.[B].[Y]. The number of hydrogen-bond acceptors (Lipinski definition) is 2. The Kier molecular flexibility index (Phi) is 6.80. The van der Waals surface area contributed by atoms with Crippen LogP contribution in [-0.4, -0.2) is 18.6 Å². The van der Waals surface area contributed by atoms with Crippen molar-refractivity contribution in [3.8, 4) is 22.4 Å². The van der Waals surface area contributed by atoms with Crippen molar-refractivity contribution in [2.75, 3.05) is 0 Å². The van der Waals surface area contributed by atoms with Gasteiger partial charge in [0.05, 0.1) is 24.0 Å². The van der Waals surface area contributed by atoms with Crippen LogP contribution in [0.2, 0.25) is 0 Å². The molecule has 0 amide bonds. The van der Waals surface area contributed by atoms with Crippen LogP contribution >= 0.6 is 0 Å². The van der Waals surface area contributed by atoms with Crippen LogP contribution in [-0.2, 0) is 39.8 Å². The van der Waals surface area contributed by atoms with Gasteiger partial charge in [-0.2, -0.15) is 35.4 Å². The molecule has 0 atom stereocenters. The van der Waals surface area contributed by atoms with E-state index < -0.39 is 0 Å². The third kappa shape index (κ3) is 3.92. The Labute approximate surface area is 181 Å². The van der Waals surface area contributed by atoms with Crippen LogP contribution in [0.25, 0.3) is 33.2 Å². The van der Waals surface area contributed by atoms with Crippen LogP contribution in [0.3, 0.4) is 0 Å². The number of rotatable bonds is 2. The maximum Gasteiger partial charge on any atom is 0.308 e. The molecule has 0 spiro atoms. The van der Waals surface area contributed by atoms with Crippen molar-refractivity contribution in [2.24, 2.45) is 7.05 Å². The third-order valence-electron chi connectivity index (χ3n) is 4.21. The summed E-state index contributed by atoms with van der Waals surface area (Å²) >= 11 is 0. The minimum absolute atomic E-state index is 0. The van der Waals surface area contributed by atoms with Crippen LogP contribution in [0, 0.1) is 19.1 Å². The molecule has 0 N–H and O–H groups in total. The minimum Gasteiger partial charge on any atom is -0.262 e. The van der Waals surface area contributed by atoms with E-state index in [1.54, 1.807) is 12.5 Å². The summed E-state index contributed by atoms with van der Waals surface area (Å²) in [6, 6.07) is 23.7. The molecule has 1 heterocycles. The van der Waals surface area contributed by atoms with Crippen molar-refractivity contribution < 1.29 is 37.3 Å². The fraction of sp³-hybridized carbons (Fsp3) is 0.0952. The van der Waals surface area contributed by atoms with Crippen LogP contribution in [0.4, 0.5) is 0 Å². The van der Waals surface area contributed by atoms with Gasteiger partial charge in [0.1, 0.15) is 0 Å². The van der Waals surface area contributed by atoms with E-state index in [9.17, 15) is 0 Å². The Hall–Kier alpha value is -1.90. The van der Waals surface area contributed by atoms with Gasteiger partial charge in [0, 0.05) is 41.1 Å². The van der Waals surface area contributed by atoms with Crippen molar-refractivity contribution in [1.82, 2.24) is 10.2 Å². The van der Waals surface area contributed by atoms with Crippen molar-refractivity contribution in [2.45, 2.75) is 6.92 Å². The molecular weight excluding hydrogens is 394 g/mol. The zero-order valence-electron chi connectivity index (χ0n) is 14.8. The van der Waals surface area contributed by atoms with Gasteiger partial charge in [0.15, 0.2) is 0 Å². The van der Waals surface area contributed by atoms with Gasteiger partial charge in [-0.1, -0.05) is 36.1 Å². The largest absolute Gasteiger partial charge is 0.308 e. The van der Waals surface area contributed by atoms with Crippen LogP contribution in [0.1, 0.15) is 5.56 Å². The molecule has 0 fully saturated rings. The molecule has 0 saturated heterocycles. The van der Waals surface area contributed by atoms with E-state index in [2.05, 4.69) is 65.7 Å². The molecule has 0 unspecified atom stereocenters. The standard InChI is InChI=1S/C21H16N3.B.Y/c1-15-7-8-19(12-20(15)21-13-22-23-14-24(21)2)18-10-9-16-5-3-4-6-17(16)11-18;;/h3-10,13-14H,1-2H3;;/q-1;;. The Morgan fingerprint density at radius 2 is 1.62 bits per heavy atom. The summed E-state index contributed by atoms with van der Waals surface area (Å²) in [7, 11) is 1.96. The second-order valence-electron chi connectivity index (χ2n) is 5.86. The van der Waals surface area contributed by atoms with E-state index in [0.29, 0.717) is 0 Å². The summed E-state index contributed by atoms with van der Waals surface area (Å²) in [5, 5.41) is 10.2. The number of benzene rings is 3. The molecule has 0 aliphatic rings. The quantitative estimate of drug-likeness (QED) is 0.289. The van der Waals surface area contributed by atoms with Crippen molar-refractivity contribution in [3.05, 3.63) is 78.8 Å². The first-order chi connectivity index (χ1) is 11.7. The smallest absolute Gasteiger partial charge is 0.262 e. The third-order valence-corrected chi connectivity index (χ3v) is 4.21. The molecule has 3 nitrogen and oxygen atoms in total. The van der Waals surface area contributed by atoms with E-state index in [1.165, 1.54) is 5.39 Å². The molecule has 0 aliphatic carbocycles. The van der Waals surface area contributed by atoms with Crippen LogP contribution in [0.5, 0.6) is 0 Å². The fourth-order valence-corrected chi connectivity index (χ4v) is 2.85. The Morgan fingerprint density at radius 3 is 2.42 bits per heavy atom. The predicted octanol–water partition coefficient (Wildman–Crippen LogP) is 3.31. The zero-order valence-corrected chi connectivity index (χ0v) is 17.6. The summed E-state index contributed by atoms with van der Waals surface area (Å²) in [5.74, 6) is 0. The summed E-state index contributed by atoms with van der Waals surface area (Å²) in [4.78, 5) is 0. The molecule has 5 heteroatoms. The molecule has 122 valence electrons. The van der Waals surface area contributed by atoms with Crippen molar-refractivity contribution in [1.29, 1.82) is 0 Å². The zero-order chi connectivity index (χ0) is 16.5. The second kappa shape index (κ2) is 8.66. The normalized spacial score (nSPS) is 10.1. The van der Waals surface area contributed by atoms with Gasteiger partial charge in [0.25, 0.3) is 0 Å². The molecule has 0 saturated carbocycles. The van der Waals surface area contributed by atoms with E-state index >= 15 is 0 Å². The second-order valence-corrected chi connectivity index (χ2v) is 5.86. The topological polar surface area (TPSA) is 29.7 Å². The molecule has 3 aromatic carbocycles. The minimum atomic E-state index is 0. The van der Waals surface area contributed by atoms with Crippen molar-refractivity contribution in [3.63, 3.8) is 0 Å². The number of hydrogen-bond donors (Lipinski definition) is 0. The molecule has 0 bridgehead atoms. The van der Waals surface area contributed by atoms with Gasteiger partial charge in [-0.25, -0.2) is 0 Å². The monoisotopic (exact) mass is 410 g/mol. The Bertz CT molecular complexity index is 1050. The summed E-state index contributed by atoms with van der Waals surface area (Å²) < 4.78 is 1.96. The van der Waals surface area contributed by atoms with E-state index in [-0.39, 0.29) is 41.1 Å². The molecule has 4 rings (SSSR count). The maximum atomic E-state index is 4.01. The summed E-state index contributed by atoms with van der Waals surface area (Å²) in [5.41, 5.74) is 5.25. The van der Waals surface area contributed by atoms with Gasteiger partial charge >= 0.3 is 6.33 Å². The van der Waals surface area contributed by atoms with E-state index in [4.69, 9.17) is 0 Å². The maximum absolute atomic E-state index is 4.01. The van der Waals surface area contributed by atoms with Crippen LogP contribution in [0.15, 0.2) is 61.1 Å². The van der Waals surface area contributed by atoms with Gasteiger partial charge in [-0.15, -0.1) is 29.1 Å². The summed E-state index contributed by atoms with van der Waals surface area (Å²) in [6.07, 6.45) is 3.48. The molecule has 0 aliphatic heterocycles. The average Bonchev–Trinajstić information content (AvgIpc) is 2.62. The first-order valence-corrected chi connectivity index (χ1v) is 7.83. The van der Waals surface area contributed by atoms with Gasteiger partial charge in [0.2, 0.25) is 0 Å². The Morgan fingerprint density at radius 1 is 0.885 bits per heavy atom. The Balaban J connectivity index is 0.00000121. The van der Waals surface area contributed by atoms with Gasteiger partial charge < -0.3 is 0 Å². The number of aromatic nitrogens is 3. The predicted molar refractivity (Wildman–Crippen MR) is 99.7 cm³/mol. The molecule has 26 heavy (non-hydrogen) atoms. The van der Waals surface area contributed by atoms with Crippen LogP contribution < -0.4 is 4.57 Å². The average molecular weight is 410 g/mol. The first kappa shape index (κ1) is 20.4. The summed E-state index contributed by atoms with van der Waals surface area (Å²) in [6.45, 7) is 2.08. The molecular formula is C21H16BN3Y-. The molecule has 1 aromatic heterocycles. The molecule has 4 aromatic rings. The fourth-order valence-electron chi connectivity index (χ4n) is 2.85. The van der Waals surface area contributed by atoms with Gasteiger partial charge in [-0.3, -0.25) is 4.57 Å². The van der Waals surface area contributed by atoms with Gasteiger partial charge in [-0.05, 0) is 5.10 Å². The van der Waals surface area contributed by atoms with E-state index in [0.717, 1.165) is 33.3 Å². The first-order valence-electron chi connectivity index (χ1n) is 7.83. The van der Waals surface area contributed by atoms with E-state index in [1.807, 2.05) is 23.7 Å². The number of aryl methyl sites for hydroxylation is 2. The molecule has 4 radical (unpaired) electrons. The van der Waals surface area contributed by atoms with Crippen molar-refractivity contribution >= 4 is 19.2 Å². The number of fused-ring (bicyclic) bond motifs is 1.